The molecule has 4 rings (SSSR count). The zero-order chi connectivity index (χ0) is 27.4. The van der Waals surface area contributed by atoms with Crippen molar-refractivity contribution in [3.63, 3.8) is 0 Å². The Morgan fingerprint density at radius 3 is 2.32 bits per heavy atom. The number of carbonyl (C=O) groups excluding carboxylic acids is 2. The largest absolute Gasteiger partial charge is 0.495 e. The summed E-state index contributed by atoms with van der Waals surface area (Å²) in [7, 11) is 2.72. The van der Waals surface area contributed by atoms with Gasteiger partial charge < -0.3 is 20.1 Å². The van der Waals surface area contributed by atoms with Crippen LogP contribution in [0.1, 0.15) is 16.9 Å². The molecule has 2 aromatic carbocycles. The van der Waals surface area contributed by atoms with E-state index >= 15 is 0 Å². The van der Waals surface area contributed by atoms with E-state index in [4.69, 9.17) is 15.2 Å². The Morgan fingerprint density at radius 2 is 1.68 bits per heavy atom. The molecular weight excluding hydrogens is 500 g/mol. The number of nitrogens with two attached hydrogens (primary N) is 1. The Labute approximate surface area is 217 Å². The van der Waals surface area contributed by atoms with E-state index in [0.29, 0.717) is 17.5 Å². The van der Waals surface area contributed by atoms with Crippen LogP contribution in [0.25, 0.3) is 11.3 Å². The van der Waals surface area contributed by atoms with Crippen LogP contribution in [-0.4, -0.2) is 73.0 Å². The van der Waals surface area contributed by atoms with Gasteiger partial charge in [-0.3, -0.25) is 9.47 Å². The van der Waals surface area contributed by atoms with Gasteiger partial charge in [0, 0.05) is 38.3 Å². The van der Waals surface area contributed by atoms with E-state index < -0.39 is 35.0 Å². The molecule has 10 nitrogen and oxygen atoms in total. The second kappa shape index (κ2) is 11.5. The van der Waals surface area contributed by atoms with Crippen LogP contribution in [0, 0.1) is 11.6 Å². The molecule has 1 aromatic heterocycles. The number of halogens is 2. The highest BCUT2D eigenvalue weighted by atomic mass is 19.2. The Hall–Kier alpha value is -4.19. The van der Waals surface area contributed by atoms with Crippen molar-refractivity contribution >= 4 is 17.7 Å². The highest BCUT2D eigenvalue weighted by Gasteiger charge is 2.30. The van der Waals surface area contributed by atoms with E-state index in [1.807, 2.05) is 24.3 Å². The number of anilines is 1. The summed E-state index contributed by atoms with van der Waals surface area (Å²) in [4.78, 5) is 42.3. The second-order valence-electron chi connectivity index (χ2n) is 8.78. The minimum absolute atomic E-state index is 0.0341. The van der Waals surface area contributed by atoms with E-state index in [2.05, 4.69) is 9.80 Å². The SMILES string of the molecule is COC(=O)c1c(-c2ccc(F)c(F)c2)n(CCCN2CCN(c3ccccc3OC)CC2)c(=O)n1C(N)=O. The standard InChI is InChI=1S/C26H29F2N5O5/c1-37-21-7-4-3-6-20(21)31-14-12-30(13-15-31)10-5-11-32-22(17-8-9-18(27)19(28)16-17)23(24(34)38-2)33(25(29)35)26(32)36/h3-4,6-9,16H,5,10-15H2,1-2H3,(H2,29,35). The van der Waals surface area contributed by atoms with Gasteiger partial charge in [0.2, 0.25) is 0 Å². The molecule has 1 fully saturated rings. The van der Waals surface area contributed by atoms with E-state index in [0.717, 1.165) is 56.9 Å². The predicted molar refractivity (Wildman–Crippen MR) is 137 cm³/mol. The summed E-state index contributed by atoms with van der Waals surface area (Å²) in [5.41, 5.74) is 5.08. The molecule has 2 N–H and O–H groups in total. The molecule has 1 amide bonds. The maximum Gasteiger partial charge on any atom is 0.357 e. The molecule has 38 heavy (non-hydrogen) atoms. The monoisotopic (exact) mass is 529 g/mol. The maximum absolute atomic E-state index is 14.1. The Bertz CT molecular complexity index is 1400. The third-order valence-corrected chi connectivity index (χ3v) is 6.59. The fraction of sp³-hybridized carbons (Fsp3) is 0.346. The predicted octanol–water partition coefficient (Wildman–Crippen LogP) is 2.53. The number of piperazine rings is 1. The van der Waals surface area contributed by atoms with Crippen molar-refractivity contribution in [1.29, 1.82) is 0 Å². The van der Waals surface area contributed by atoms with E-state index in [1.165, 1.54) is 10.6 Å². The van der Waals surface area contributed by atoms with E-state index in [-0.39, 0.29) is 17.8 Å². The van der Waals surface area contributed by atoms with Gasteiger partial charge in [-0.05, 0) is 43.3 Å². The van der Waals surface area contributed by atoms with Crippen molar-refractivity contribution in [1.82, 2.24) is 14.0 Å². The lowest BCUT2D eigenvalue weighted by molar-refractivity contribution is 0.0591. The summed E-state index contributed by atoms with van der Waals surface area (Å²) in [5.74, 6) is -2.46. The number of methoxy groups -OCH3 is 2. The molecule has 202 valence electrons. The first kappa shape index (κ1) is 26.9. The van der Waals surface area contributed by atoms with Crippen LogP contribution in [0.15, 0.2) is 47.3 Å². The summed E-state index contributed by atoms with van der Waals surface area (Å²) in [5, 5.41) is 0. The number of amides is 1. The maximum atomic E-state index is 14.1. The first-order chi connectivity index (χ1) is 18.3. The number of rotatable bonds is 8. The number of para-hydroxylation sites is 2. The van der Waals surface area contributed by atoms with Crippen LogP contribution in [0.2, 0.25) is 0 Å². The fourth-order valence-corrected chi connectivity index (χ4v) is 4.73. The molecule has 0 spiro atoms. The van der Waals surface area contributed by atoms with Gasteiger partial charge in [0.15, 0.2) is 17.3 Å². The molecule has 2 heterocycles. The van der Waals surface area contributed by atoms with Gasteiger partial charge in [-0.25, -0.2) is 27.7 Å². The first-order valence-electron chi connectivity index (χ1n) is 12.1. The molecular formula is C26H29F2N5O5. The van der Waals surface area contributed by atoms with Crippen molar-refractivity contribution in [2.24, 2.45) is 5.73 Å². The molecule has 12 heteroatoms. The van der Waals surface area contributed by atoms with Crippen LogP contribution in [0.4, 0.5) is 19.3 Å². The van der Waals surface area contributed by atoms with Crippen molar-refractivity contribution in [3.05, 3.63) is 70.3 Å². The number of imidazole rings is 1. The van der Waals surface area contributed by atoms with Crippen molar-refractivity contribution in [2.75, 3.05) is 51.8 Å². The molecule has 0 aliphatic carbocycles. The third-order valence-electron chi connectivity index (χ3n) is 6.59. The second-order valence-corrected chi connectivity index (χ2v) is 8.78. The normalized spacial score (nSPS) is 13.9. The summed E-state index contributed by atoms with van der Waals surface area (Å²) in [6.07, 6.45) is 0.481. The molecule has 1 aliphatic rings. The lowest BCUT2D eigenvalue weighted by Gasteiger charge is -2.36. The molecule has 1 aliphatic heterocycles. The van der Waals surface area contributed by atoms with Gasteiger partial charge >= 0.3 is 17.7 Å². The number of carbonyl (C=O) groups is 2. The average molecular weight is 530 g/mol. The number of primary amides is 1. The van der Waals surface area contributed by atoms with Gasteiger partial charge in [0.1, 0.15) is 5.75 Å². The molecule has 1 saturated heterocycles. The van der Waals surface area contributed by atoms with Gasteiger partial charge in [-0.15, -0.1) is 0 Å². The summed E-state index contributed by atoms with van der Waals surface area (Å²) < 4.78 is 39.6. The number of aromatic nitrogens is 2. The Kier molecular flexibility index (Phi) is 8.10. The number of esters is 1. The number of hydrogen-bond donors (Lipinski definition) is 1. The van der Waals surface area contributed by atoms with Crippen molar-refractivity contribution in [3.8, 4) is 17.0 Å². The van der Waals surface area contributed by atoms with Gasteiger partial charge in [0.05, 0.1) is 25.6 Å². The van der Waals surface area contributed by atoms with Crippen molar-refractivity contribution in [2.45, 2.75) is 13.0 Å². The zero-order valence-corrected chi connectivity index (χ0v) is 21.2. The van der Waals surface area contributed by atoms with E-state index in [1.54, 1.807) is 7.11 Å². The molecule has 0 saturated carbocycles. The number of nitrogens with zero attached hydrogens (tertiary/aromatic N) is 4. The van der Waals surface area contributed by atoms with Crippen molar-refractivity contribution < 1.29 is 27.8 Å². The zero-order valence-electron chi connectivity index (χ0n) is 21.2. The average Bonchev–Trinajstić information content (AvgIpc) is 3.22. The molecule has 0 radical (unpaired) electrons. The Balaban J connectivity index is 1.54. The van der Waals surface area contributed by atoms with Gasteiger partial charge in [-0.2, -0.15) is 0 Å². The van der Waals surface area contributed by atoms with Crippen LogP contribution < -0.4 is 21.1 Å². The molecule has 0 atom stereocenters. The Morgan fingerprint density at radius 1 is 0.974 bits per heavy atom. The third kappa shape index (κ3) is 5.25. The molecule has 3 aromatic rings. The first-order valence-corrected chi connectivity index (χ1v) is 12.1. The van der Waals surface area contributed by atoms with Crippen LogP contribution in [-0.2, 0) is 11.3 Å². The summed E-state index contributed by atoms with van der Waals surface area (Å²) in [6.45, 7) is 3.84. The minimum Gasteiger partial charge on any atom is -0.495 e. The summed E-state index contributed by atoms with van der Waals surface area (Å²) >= 11 is 0. The van der Waals surface area contributed by atoms with E-state index in [9.17, 15) is 23.2 Å². The smallest absolute Gasteiger partial charge is 0.357 e. The van der Waals surface area contributed by atoms with Crippen LogP contribution >= 0.6 is 0 Å². The highest BCUT2D eigenvalue weighted by Crippen LogP contribution is 2.29. The molecule has 0 bridgehead atoms. The van der Waals surface area contributed by atoms with Gasteiger partial charge in [-0.1, -0.05) is 12.1 Å². The van der Waals surface area contributed by atoms with Crippen LogP contribution in [0.5, 0.6) is 5.75 Å². The number of benzene rings is 2. The fourth-order valence-electron chi connectivity index (χ4n) is 4.73. The number of ether oxygens (including phenoxy) is 2. The number of hydrogen-bond acceptors (Lipinski definition) is 7. The molecule has 0 unspecified atom stereocenters. The minimum atomic E-state index is -1.19. The lowest BCUT2D eigenvalue weighted by atomic mass is 10.1. The van der Waals surface area contributed by atoms with Crippen LogP contribution in [0.3, 0.4) is 0 Å². The highest BCUT2D eigenvalue weighted by molar-refractivity contribution is 5.98. The van der Waals surface area contributed by atoms with Gasteiger partial charge in [0.25, 0.3) is 0 Å². The topological polar surface area (TPSA) is 112 Å². The lowest BCUT2D eigenvalue weighted by Crippen LogP contribution is -2.47. The quantitative estimate of drug-likeness (QED) is 0.447. The summed E-state index contributed by atoms with van der Waals surface area (Å²) in [6, 6.07) is 9.59.